The predicted molar refractivity (Wildman–Crippen MR) is 270 cm³/mol. The van der Waals surface area contributed by atoms with E-state index in [2.05, 4.69) is 0 Å². The highest BCUT2D eigenvalue weighted by atomic mass is 16.8. The second kappa shape index (κ2) is 25.8. The lowest BCUT2D eigenvalue weighted by Crippen LogP contribution is -2.68. The summed E-state index contributed by atoms with van der Waals surface area (Å²) in [7, 11) is 0. The summed E-state index contributed by atoms with van der Waals surface area (Å²) in [6.07, 6.45) is -42.8. The fourth-order valence-corrected chi connectivity index (χ4v) is 9.82. The van der Waals surface area contributed by atoms with Gasteiger partial charge in [-0.1, -0.05) is 12.1 Å². The zero-order chi connectivity index (χ0) is 59.9. The zero-order valence-corrected chi connectivity index (χ0v) is 43.8. The van der Waals surface area contributed by atoms with Gasteiger partial charge in [-0.05, 0) is 61.9 Å². The van der Waals surface area contributed by atoms with E-state index in [1.54, 1.807) is 0 Å². The number of fused-ring (bicyclic) bond motifs is 1. The van der Waals surface area contributed by atoms with E-state index in [4.69, 9.17) is 56.5 Å². The van der Waals surface area contributed by atoms with Crippen LogP contribution < -0.4 is 14.9 Å². The summed E-state index contributed by atoms with van der Waals surface area (Å²) in [4.78, 5) is 27.9. The van der Waals surface area contributed by atoms with E-state index in [0.29, 0.717) is 5.56 Å². The molecule has 9 rings (SSSR count). The minimum atomic E-state index is -2.23. The molecule has 456 valence electrons. The number of benzene rings is 3. The molecule has 0 aliphatic carbocycles. The molecule has 3 aromatic carbocycles. The molecule has 0 unspecified atom stereocenters. The SMILES string of the molecule is C[C@@H]1O[C@@H](Oc2cc(O)c3c(=O)c(O[C@@H]4O[C@@H](C)[C@H](O[C@@H]5OC[C@@H](O)[C@H](O)[C@H]5O)[C@@H](O[C@@H]5O[C@H](COC(=O)/C=C/c6ccc(O)cc6)[C@@H](O)[C@H](O)[C@H]5O)[C@H]4O[C@@H]4O[C@H](CO)[C@@H](O)[C@H](O)[C@H]4O)c(-c4ccc(O)cc4)oc3c2)[C@H](O)[C@H](O)[C@H]1O. The second-order valence-electron chi connectivity index (χ2n) is 20.4. The smallest absolute Gasteiger partial charge is 0.330 e. The molecule has 1 aromatic heterocycles. The molecule has 5 fully saturated rings. The van der Waals surface area contributed by atoms with Crippen molar-refractivity contribution in [1.82, 2.24) is 0 Å². The van der Waals surface area contributed by atoms with Crippen molar-refractivity contribution in [3.63, 3.8) is 0 Å². The van der Waals surface area contributed by atoms with Crippen LogP contribution in [0.1, 0.15) is 19.4 Å². The molecule has 30 nitrogen and oxygen atoms in total. The largest absolute Gasteiger partial charge is 0.508 e. The van der Waals surface area contributed by atoms with E-state index in [-0.39, 0.29) is 22.8 Å². The predicted octanol–water partition coefficient (Wildman–Crippen LogP) is -4.63. The van der Waals surface area contributed by atoms with Crippen LogP contribution in [0.15, 0.2) is 76.0 Å². The van der Waals surface area contributed by atoms with Crippen molar-refractivity contribution in [3.05, 3.63) is 82.5 Å². The van der Waals surface area contributed by atoms with Crippen LogP contribution >= 0.6 is 0 Å². The highest BCUT2D eigenvalue weighted by Crippen LogP contribution is 2.41. The summed E-state index contributed by atoms with van der Waals surface area (Å²) in [6.45, 7) is 0.284. The van der Waals surface area contributed by atoms with Gasteiger partial charge in [0.15, 0.2) is 30.7 Å². The molecule has 0 amide bonds. The van der Waals surface area contributed by atoms with E-state index in [9.17, 15) is 86.5 Å². The number of phenolic OH excluding ortho intramolecular Hbond substituents is 3. The molecule has 30 heteroatoms. The Labute approximate surface area is 468 Å². The molecular weight excluding hydrogens is 1120 g/mol. The highest BCUT2D eigenvalue weighted by molar-refractivity contribution is 5.88. The lowest BCUT2D eigenvalue weighted by molar-refractivity contribution is -0.396. The number of aromatic hydroxyl groups is 3. The van der Waals surface area contributed by atoms with Gasteiger partial charge in [-0.2, -0.15) is 0 Å². The van der Waals surface area contributed by atoms with Gasteiger partial charge in [0.2, 0.25) is 23.8 Å². The maximum atomic E-state index is 15.0. The lowest BCUT2D eigenvalue weighted by atomic mass is 9.95. The third-order valence-corrected chi connectivity index (χ3v) is 14.6. The molecule has 0 bridgehead atoms. The van der Waals surface area contributed by atoms with Gasteiger partial charge in [0.1, 0.15) is 138 Å². The molecule has 0 radical (unpaired) electrons. The summed E-state index contributed by atoms with van der Waals surface area (Å²) in [5.41, 5.74) is -1.13. The monoisotopic (exact) mass is 1180 g/mol. The molecule has 5 aliphatic heterocycles. The molecule has 24 atom stereocenters. The summed E-state index contributed by atoms with van der Waals surface area (Å²) >= 11 is 0. The van der Waals surface area contributed by atoms with Crippen LogP contribution in [0.3, 0.4) is 0 Å². The van der Waals surface area contributed by atoms with Gasteiger partial charge in [0, 0.05) is 23.8 Å². The Bertz CT molecular complexity index is 2920. The average molecular weight is 1180 g/mol. The van der Waals surface area contributed by atoms with Crippen LogP contribution in [0.4, 0.5) is 0 Å². The van der Waals surface area contributed by atoms with Crippen LogP contribution in [-0.4, -0.2) is 255 Å². The van der Waals surface area contributed by atoms with Gasteiger partial charge in [-0.15, -0.1) is 0 Å². The van der Waals surface area contributed by atoms with Crippen LogP contribution in [0.25, 0.3) is 28.4 Å². The van der Waals surface area contributed by atoms with Gasteiger partial charge in [-0.25, -0.2) is 4.79 Å². The molecule has 4 aromatic rings. The number of aliphatic hydroxyl groups excluding tert-OH is 13. The Kier molecular flexibility index (Phi) is 19.2. The van der Waals surface area contributed by atoms with Crippen LogP contribution in [-0.2, 0) is 47.4 Å². The van der Waals surface area contributed by atoms with Crippen LogP contribution in [0.5, 0.6) is 28.7 Å². The Hall–Kier alpha value is -5.76. The van der Waals surface area contributed by atoms with Crippen LogP contribution in [0.2, 0.25) is 0 Å². The third kappa shape index (κ3) is 13.1. The van der Waals surface area contributed by atoms with Crippen LogP contribution in [0, 0.1) is 0 Å². The molecule has 83 heavy (non-hydrogen) atoms. The number of phenols is 3. The molecule has 6 heterocycles. The minimum Gasteiger partial charge on any atom is -0.508 e. The van der Waals surface area contributed by atoms with Crippen molar-refractivity contribution in [2.45, 2.75) is 161 Å². The summed E-state index contributed by atoms with van der Waals surface area (Å²) in [5, 5.41) is 172. The van der Waals surface area contributed by atoms with Gasteiger partial charge >= 0.3 is 5.97 Å². The van der Waals surface area contributed by atoms with Crippen molar-refractivity contribution in [2.24, 2.45) is 0 Å². The number of carbonyl (C=O) groups is 1. The quantitative estimate of drug-likeness (QED) is 0.0371. The normalized spacial score (nSPS) is 38.7. The first-order valence-corrected chi connectivity index (χ1v) is 26.0. The Balaban J connectivity index is 1.12. The average Bonchev–Trinajstić information content (AvgIpc) is 3.55. The van der Waals surface area contributed by atoms with E-state index < -0.39 is 207 Å². The fraction of sp³-hybridized carbons (Fsp3) is 0.547. The molecule has 5 aliphatic rings. The Morgan fingerprint density at radius 1 is 0.578 bits per heavy atom. The fourth-order valence-electron chi connectivity index (χ4n) is 9.82. The molecule has 16 N–H and O–H groups in total. The number of rotatable bonds is 16. The van der Waals surface area contributed by atoms with E-state index in [1.165, 1.54) is 68.5 Å². The number of hydrogen-bond acceptors (Lipinski definition) is 30. The van der Waals surface area contributed by atoms with E-state index in [0.717, 1.165) is 18.2 Å². The molecule has 0 saturated carbocycles. The summed E-state index contributed by atoms with van der Waals surface area (Å²) in [5.74, 6) is -3.72. The summed E-state index contributed by atoms with van der Waals surface area (Å²) < 4.78 is 71.8. The van der Waals surface area contributed by atoms with Gasteiger partial charge < -0.3 is 138 Å². The number of hydrogen-bond donors (Lipinski definition) is 16. The second-order valence-corrected chi connectivity index (χ2v) is 20.4. The third-order valence-electron chi connectivity index (χ3n) is 14.6. The highest BCUT2D eigenvalue weighted by Gasteiger charge is 2.57. The number of carbonyl (C=O) groups excluding carboxylic acids is 1. The van der Waals surface area contributed by atoms with Gasteiger partial charge in [0.25, 0.3) is 0 Å². The van der Waals surface area contributed by atoms with Crippen molar-refractivity contribution in [3.8, 4) is 40.1 Å². The van der Waals surface area contributed by atoms with E-state index in [1.807, 2.05) is 0 Å². The Morgan fingerprint density at radius 2 is 1.13 bits per heavy atom. The minimum absolute atomic E-state index is 0.0121. The van der Waals surface area contributed by atoms with Crippen molar-refractivity contribution >= 4 is 23.0 Å². The standard InChI is InChI=1S/C53H64O30/c1-18-32(60)37(65)41(69)50(74-18)76-24-13-25(57)31-27(14-24)77-45(21-6-10-23(56)11-7-21)46(36(31)64)81-53-48(83-51-42(70)38(66)34(62)28(15-54)78-51)47(44(19(2)75-53)80-49-40(68)33(61)26(58)16-73-49)82-52-43(71)39(67)35(63)29(79-52)17-72-30(59)12-5-20-3-8-22(55)9-4-20/h3-14,18-19,26,28-29,32-35,37-44,47-58,60-63,65-71H,15-17H2,1-2H3/b12-5+/t18-,19-,26+,28+,29+,32-,33-,34+,35+,37+,38-,39-,40+,41+,42+,43+,44-,47+,48+,49-,50-,51-,52-,53-/m0/s1. The number of aliphatic hydroxyl groups is 13. The molecular formula is C53H64O30. The maximum absolute atomic E-state index is 15.0. The number of ether oxygens (including phenoxy) is 11. The zero-order valence-electron chi connectivity index (χ0n) is 43.8. The first-order valence-electron chi connectivity index (χ1n) is 26.0. The van der Waals surface area contributed by atoms with Crippen molar-refractivity contribution in [2.75, 3.05) is 19.8 Å². The van der Waals surface area contributed by atoms with Gasteiger partial charge in [-0.3, -0.25) is 4.79 Å². The maximum Gasteiger partial charge on any atom is 0.330 e. The van der Waals surface area contributed by atoms with E-state index >= 15 is 4.79 Å². The lowest BCUT2D eigenvalue weighted by Gasteiger charge is -2.50. The molecule has 5 saturated heterocycles. The Morgan fingerprint density at radius 3 is 1.78 bits per heavy atom. The first kappa shape index (κ1) is 61.8. The van der Waals surface area contributed by atoms with Gasteiger partial charge in [0.05, 0.1) is 25.4 Å². The first-order chi connectivity index (χ1) is 39.4. The van der Waals surface area contributed by atoms with Crippen molar-refractivity contribution < 1.29 is 143 Å². The molecule has 0 spiro atoms. The topological polar surface area (TPSA) is 472 Å². The van der Waals surface area contributed by atoms with Crippen molar-refractivity contribution in [1.29, 1.82) is 0 Å². The number of esters is 1. The summed E-state index contributed by atoms with van der Waals surface area (Å²) in [6, 6.07) is 12.7.